The lowest BCUT2D eigenvalue weighted by molar-refractivity contribution is 0.000788. The quantitative estimate of drug-likeness (QED) is 0.357. The molecule has 2 heterocycles. The number of cyclic esters (lactones) is 1. The Bertz CT molecular complexity index is 1260. The molecule has 1 aliphatic rings. The van der Waals surface area contributed by atoms with Gasteiger partial charge in [0.15, 0.2) is 0 Å². The molecule has 2 aromatic carbocycles. The number of pyridine rings is 1. The Morgan fingerprint density at radius 1 is 1.05 bits per heavy atom. The maximum atomic E-state index is 12.6. The summed E-state index contributed by atoms with van der Waals surface area (Å²) in [5.41, 5.74) is 2.39. The Labute approximate surface area is 238 Å². The molecule has 0 saturated carbocycles. The molecule has 40 heavy (non-hydrogen) atoms. The summed E-state index contributed by atoms with van der Waals surface area (Å²) in [7, 11) is 0. The monoisotopic (exact) mass is 540 g/mol. The minimum atomic E-state index is -0.517. The number of amides is 2. The maximum Gasteiger partial charge on any atom is 0.410 e. The number of nitrogens with zero attached hydrogens (tertiary/aromatic N) is 3. The lowest BCUT2D eigenvalue weighted by Gasteiger charge is -2.37. The summed E-state index contributed by atoms with van der Waals surface area (Å²) < 4.78 is 5.63. The van der Waals surface area contributed by atoms with Gasteiger partial charge in [-0.1, -0.05) is 60.7 Å². The number of nitrogens with one attached hydrogen (secondary N) is 1. The van der Waals surface area contributed by atoms with Crippen LogP contribution >= 0.6 is 0 Å². The number of carbonyl (C=O) groups excluding carboxylic acids is 2. The molecule has 7 nitrogen and oxygen atoms in total. The summed E-state index contributed by atoms with van der Waals surface area (Å²) >= 11 is 0. The van der Waals surface area contributed by atoms with Gasteiger partial charge in [-0.2, -0.15) is 5.26 Å². The van der Waals surface area contributed by atoms with Crippen molar-refractivity contribution in [3.8, 4) is 17.3 Å². The third-order valence-corrected chi connectivity index (χ3v) is 6.57. The fourth-order valence-electron chi connectivity index (χ4n) is 4.36. The van der Waals surface area contributed by atoms with Crippen LogP contribution in [0.4, 0.5) is 4.79 Å². The minimum absolute atomic E-state index is 0.136. The van der Waals surface area contributed by atoms with E-state index in [-0.39, 0.29) is 29.7 Å². The Morgan fingerprint density at radius 3 is 2.12 bits per heavy atom. The second kappa shape index (κ2) is 13.3. The zero-order chi connectivity index (χ0) is 29.3. The average molecular weight is 541 g/mol. The van der Waals surface area contributed by atoms with Crippen LogP contribution in [0.5, 0.6) is 0 Å². The Hall–Kier alpha value is -4.18. The minimum Gasteiger partial charge on any atom is -0.446 e. The van der Waals surface area contributed by atoms with Gasteiger partial charge in [-0.3, -0.25) is 9.78 Å². The van der Waals surface area contributed by atoms with Crippen molar-refractivity contribution in [3.05, 3.63) is 90.1 Å². The van der Waals surface area contributed by atoms with Crippen molar-refractivity contribution in [2.24, 2.45) is 5.41 Å². The van der Waals surface area contributed by atoms with Crippen LogP contribution in [-0.2, 0) is 4.74 Å². The smallest absolute Gasteiger partial charge is 0.410 e. The topological polar surface area (TPSA) is 95.3 Å². The van der Waals surface area contributed by atoms with E-state index in [0.29, 0.717) is 24.9 Å². The van der Waals surface area contributed by atoms with Gasteiger partial charge in [-0.25, -0.2) is 4.79 Å². The standard InChI is InChI=1S/C27H34N4O3.C6H6/c1-18(31-14-13-22(34-25(31)33)15-27(5,6)17-28)19-7-9-20(10-8-19)23-12-11-21(16-29-23)24(32)30-26(2,3)4;1-2-4-6-5-3-1/h7-12,16,18,22H,13-15H2,1-6H3,(H,30,32);1-6H. The van der Waals surface area contributed by atoms with E-state index >= 15 is 0 Å². The van der Waals surface area contributed by atoms with E-state index < -0.39 is 5.41 Å². The molecule has 0 radical (unpaired) electrons. The number of hydrogen-bond acceptors (Lipinski definition) is 5. The lowest BCUT2D eigenvalue weighted by atomic mass is 9.87. The molecule has 1 aliphatic heterocycles. The number of rotatable bonds is 6. The highest BCUT2D eigenvalue weighted by molar-refractivity contribution is 5.94. The van der Waals surface area contributed by atoms with Gasteiger partial charge in [-0.05, 0) is 59.2 Å². The molecular formula is C33H40N4O3. The van der Waals surface area contributed by atoms with Crippen LogP contribution in [0.3, 0.4) is 0 Å². The largest absolute Gasteiger partial charge is 0.446 e. The predicted octanol–water partition coefficient (Wildman–Crippen LogP) is 7.18. The van der Waals surface area contributed by atoms with E-state index in [1.54, 1.807) is 17.2 Å². The van der Waals surface area contributed by atoms with E-state index in [9.17, 15) is 14.9 Å². The number of ether oxygens (including phenoxy) is 1. The van der Waals surface area contributed by atoms with Crippen molar-refractivity contribution in [1.29, 1.82) is 5.26 Å². The van der Waals surface area contributed by atoms with E-state index in [1.807, 2.05) is 108 Å². The van der Waals surface area contributed by atoms with Crippen LogP contribution < -0.4 is 5.32 Å². The normalized spacial score (nSPS) is 16.1. The van der Waals surface area contributed by atoms with Gasteiger partial charge in [0.05, 0.1) is 28.8 Å². The van der Waals surface area contributed by atoms with Gasteiger partial charge < -0.3 is 15.0 Å². The summed E-state index contributed by atoms with van der Waals surface area (Å²) in [6.07, 6.45) is 2.26. The van der Waals surface area contributed by atoms with E-state index in [2.05, 4.69) is 16.4 Å². The number of hydrogen-bond donors (Lipinski definition) is 1. The second-order valence-corrected chi connectivity index (χ2v) is 11.8. The van der Waals surface area contributed by atoms with Gasteiger partial charge in [0, 0.05) is 36.7 Å². The molecule has 0 spiro atoms. The summed E-state index contributed by atoms with van der Waals surface area (Å²) in [5, 5.41) is 12.2. The highest BCUT2D eigenvalue weighted by Crippen LogP contribution is 2.31. The molecule has 7 heteroatoms. The summed E-state index contributed by atoms with van der Waals surface area (Å²) in [6, 6.07) is 25.6. The van der Waals surface area contributed by atoms with Crippen molar-refractivity contribution in [2.75, 3.05) is 6.54 Å². The average Bonchev–Trinajstić information content (AvgIpc) is 2.93. The molecule has 1 fully saturated rings. The molecule has 1 saturated heterocycles. The molecule has 210 valence electrons. The van der Waals surface area contributed by atoms with Crippen LogP contribution in [0.25, 0.3) is 11.3 Å². The fraction of sp³-hybridized carbons (Fsp3) is 0.394. The van der Waals surface area contributed by atoms with Gasteiger partial charge in [0.2, 0.25) is 0 Å². The first kappa shape index (κ1) is 30.4. The number of benzene rings is 2. The predicted molar refractivity (Wildman–Crippen MR) is 157 cm³/mol. The lowest BCUT2D eigenvalue weighted by Crippen LogP contribution is -2.44. The van der Waals surface area contributed by atoms with Crippen LogP contribution in [0, 0.1) is 16.7 Å². The van der Waals surface area contributed by atoms with Crippen molar-refractivity contribution in [2.45, 2.75) is 72.1 Å². The van der Waals surface area contributed by atoms with Crippen molar-refractivity contribution in [1.82, 2.24) is 15.2 Å². The molecule has 1 aromatic heterocycles. The van der Waals surface area contributed by atoms with E-state index in [4.69, 9.17) is 4.74 Å². The number of carbonyl (C=O) groups is 2. The SMILES string of the molecule is CC(c1ccc(-c2ccc(C(=O)NC(C)(C)C)cn2)cc1)N1CCC(CC(C)(C)C#N)OC1=O.c1ccccc1. The maximum absolute atomic E-state index is 12.6. The van der Waals surface area contributed by atoms with Gasteiger partial charge in [0.1, 0.15) is 6.10 Å². The molecular weight excluding hydrogens is 500 g/mol. The third-order valence-electron chi connectivity index (χ3n) is 6.57. The summed E-state index contributed by atoms with van der Waals surface area (Å²) in [5.74, 6) is -0.150. The van der Waals surface area contributed by atoms with Crippen molar-refractivity contribution in [3.63, 3.8) is 0 Å². The van der Waals surface area contributed by atoms with Gasteiger partial charge >= 0.3 is 6.09 Å². The van der Waals surface area contributed by atoms with Crippen LogP contribution in [-0.4, -0.2) is 40.1 Å². The molecule has 0 bridgehead atoms. The summed E-state index contributed by atoms with van der Waals surface area (Å²) in [6.45, 7) is 12.1. The zero-order valence-corrected chi connectivity index (χ0v) is 24.3. The molecule has 3 aromatic rings. The fourth-order valence-corrected chi connectivity index (χ4v) is 4.36. The molecule has 2 atom stereocenters. The molecule has 1 N–H and O–H groups in total. The Morgan fingerprint density at radius 2 is 1.65 bits per heavy atom. The highest BCUT2D eigenvalue weighted by Gasteiger charge is 2.34. The second-order valence-electron chi connectivity index (χ2n) is 11.8. The number of nitriles is 1. The zero-order valence-electron chi connectivity index (χ0n) is 24.3. The van der Waals surface area contributed by atoms with Crippen molar-refractivity contribution < 1.29 is 14.3 Å². The third kappa shape index (κ3) is 8.94. The summed E-state index contributed by atoms with van der Waals surface area (Å²) in [4.78, 5) is 31.1. The van der Waals surface area contributed by atoms with Gasteiger partial charge in [0.25, 0.3) is 5.91 Å². The van der Waals surface area contributed by atoms with Crippen molar-refractivity contribution >= 4 is 12.0 Å². The first-order valence-corrected chi connectivity index (χ1v) is 13.7. The molecule has 2 amide bonds. The van der Waals surface area contributed by atoms with Crippen LogP contribution in [0.1, 0.15) is 76.3 Å². The molecule has 4 rings (SSSR count). The Kier molecular flexibility index (Phi) is 10.1. The first-order valence-electron chi connectivity index (χ1n) is 13.7. The first-order chi connectivity index (χ1) is 18.9. The molecule has 0 aliphatic carbocycles. The highest BCUT2D eigenvalue weighted by atomic mass is 16.6. The van der Waals surface area contributed by atoms with Crippen LogP contribution in [0.2, 0.25) is 0 Å². The Balaban J connectivity index is 0.000000649. The molecule has 2 unspecified atom stereocenters. The van der Waals surface area contributed by atoms with Crippen LogP contribution in [0.15, 0.2) is 79.0 Å². The van der Waals surface area contributed by atoms with E-state index in [0.717, 1.165) is 16.8 Å². The van der Waals surface area contributed by atoms with E-state index in [1.165, 1.54) is 0 Å². The number of aromatic nitrogens is 1. The van der Waals surface area contributed by atoms with Gasteiger partial charge in [-0.15, -0.1) is 0 Å².